The maximum Gasteiger partial charge on any atom is 0.260 e. The van der Waals surface area contributed by atoms with Crippen LogP contribution in [-0.2, 0) is 4.79 Å². The fourth-order valence-electron chi connectivity index (χ4n) is 2.50. The first-order chi connectivity index (χ1) is 13.0. The monoisotopic (exact) mass is 366 g/mol. The van der Waals surface area contributed by atoms with Crippen molar-refractivity contribution in [2.45, 2.75) is 6.92 Å². The van der Waals surface area contributed by atoms with Gasteiger partial charge in [-0.25, -0.2) is 18.8 Å². The second-order valence-corrected chi connectivity index (χ2v) is 5.69. The molecule has 136 valence electrons. The van der Waals surface area contributed by atoms with Gasteiger partial charge in [0.15, 0.2) is 11.6 Å². The van der Waals surface area contributed by atoms with Crippen LogP contribution in [-0.4, -0.2) is 16.6 Å². The van der Waals surface area contributed by atoms with E-state index in [9.17, 15) is 13.6 Å². The number of hydrogen-bond donors (Lipinski definition) is 2. The summed E-state index contributed by atoms with van der Waals surface area (Å²) in [6.45, 7) is 1.44. The van der Waals surface area contributed by atoms with Crippen LogP contribution in [0.15, 0.2) is 71.4 Å². The van der Waals surface area contributed by atoms with Crippen LogP contribution in [0.25, 0.3) is 10.9 Å². The van der Waals surface area contributed by atoms with Gasteiger partial charge < -0.3 is 11.1 Å². The molecule has 0 spiro atoms. The van der Waals surface area contributed by atoms with Crippen LogP contribution in [0, 0.1) is 11.6 Å². The van der Waals surface area contributed by atoms with Crippen LogP contribution in [0.5, 0.6) is 0 Å². The van der Waals surface area contributed by atoms with Crippen molar-refractivity contribution < 1.29 is 13.6 Å². The molecule has 1 aromatic heterocycles. The Labute approximate surface area is 154 Å². The Hall–Kier alpha value is -3.61. The average Bonchev–Trinajstić information content (AvgIpc) is 2.65. The molecule has 0 saturated heterocycles. The molecule has 7 heteroatoms. The highest BCUT2D eigenvalue weighted by Gasteiger charge is 2.15. The molecule has 3 aromatic rings. The second kappa shape index (κ2) is 7.74. The van der Waals surface area contributed by atoms with E-state index in [4.69, 9.17) is 5.73 Å². The molecule has 0 aliphatic carbocycles. The molecule has 2 aromatic carbocycles. The number of aromatic nitrogens is 1. The quantitative estimate of drug-likeness (QED) is 0.539. The Bertz CT molecular complexity index is 1060. The lowest BCUT2D eigenvalue weighted by atomic mass is 10.1. The van der Waals surface area contributed by atoms with E-state index in [1.807, 2.05) is 30.3 Å². The van der Waals surface area contributed by atoms with Crippen molar-refractivity contribution in [3.05, 3.63) is 78.0 Å². The molecule has 3 rings (SSSR count). The summed E-state index contributed by atoms with van der Waals surface area (Å²) in [4.78, 5) is 20.7. The van der Waals surface area contributed by atoms with Gasteiger partial charge in [0.25, 0.3) is 5.91 Å². The number of nitrogens with two attached hydrogens (primary N) is 1. The Morgan fingerprint density at radius 3 is 2.48 bits per heavy atom. The summed E-state index contributed by atoms with van der Waals surface area (Å²) in [5, 5.41) is 3.54. The summed E-state index contributed by atoms with van der Waals surface area (Å²) >= 11 is 0. The van der Waals surface area contributed by atoms with Crippen molar-refractivity contribution in [2.75, 3.05) is 5.32 Å². The fraction of sp³-hybridized carbons (Fsp3) is 0.0500. The van der Waals surface area contributed by atoms with E-state index >= 15 is 0 Å². The number of para-hydroxylation sites is 2. The highest BCUT2D eigenvalue weighted by atomic mass is 19.1. The van der Waals surface area contributed by atoms with Crippen molar-refractivity contribution in [3.8, 4) is 0 Å². The minimum atomic E-state index is -0.831. The summed E-state index contributed by atoms with van der Waals surface area (Å²) in [6.07, 6.45) is 1.04. The lowest BCUT2D eigenvalue weighted by Crippen LogP contribution is -2.21. The summed E-state index contributed by atoms with van der Waals surface area (Å²) in [7, 11) is 0. The number of nitrogens with one attached hydrogen (secondary N) is 1. The van der Waals surface area contributed by atoms with Crippen molar-refractivity contribution in [1.82, 2.24) is 4.98 Å². The number of aliphatic imine (C=N–C) groups is 1. The molecule has 0 atom stereocenters. The molecule has 1 heterocycles. The van der Waals surface area contributed by atoms with Gasteiger partial charge in [-0.05, 0) is 37.3 Å². The van der Waals surface area contributed by atoms with Crippen LogP contribution in [0.2, 0.25) is 0 Å². The number of benzene rings is 2. The number of hydrogen-bond acceptors (Lipinski definition) is 4. The third-order valence-corrected chi connectivity index (χ3v) is 3.86. The number of anilines is 1. The van der Waals surface area contributed by atoms with Crippen molar-refractivity contribution >= 4 is 34.0 Å². The maximum absolute atomic E-state index is 13.8. The van der Waals surface area contributed by atoms with E-state index in [1.54, 1.807) is 6.07 Å². The van der Waals surface area contributed by atoms with E-state index in [2.05, 4.69) is 15.3 Å². The van der Waals surface area contributed by atoms with E-state index in [1.165, 1.54) is 13.0 Å². The number of carbonyl (C=O) groups excluding carboxylic acids is 1. The molecule has 27 heavy (non-hydrogen) atoms. The molecule has 5 nitrogen and oxygen atoms in total. The van der Waals surface area contributed by atoms with Crippen LogP contribution < -0.4 is 11.1 Å². The third-order valence-electron chi connectivity index (χ3n) is 3.86. The molecular weight excluding hydrogens is 350 g/mol. The predicted octanol–water partition coefficient (Wildman–Crippen LogP) is 4.09. The number of amides is 1. The molecule has 0 aliphatic heterocycles. The van der Waals surface area contributed by atoms with E-state index in [0.29, 0.717) is 11.3 Å². The zero-order valence-electron chi connectivity index (χ0n) is 14.4. The standard InChI is InChI=1S/C20H16F2N4O/c1-12(24-19-15(21)6-4-7-16(19)22)14(11-23)20(27)26-18-10-9-13-5-2-3-8-17(13)25-18/h2-11H,23H2,1H3,(H,25,26,27). The summed E-state index contributed by atoms with van der Waals surface area (Å²) in [6, 6.07) is 14.3. The highest BCUT2D eigenvalue weighted by molar-refractivity contribution is 6.24. The molecule has 0 bridgehead atoms. The van der Waals surface area contributed by atoms with Gasteiger partial charge >= 0.3 is 0 Å². The number of rotatable bonds is 4. The molecule has 1 amide bonds. The van der Waals surface area contributed by atoms with Gasteiger partial charge in [0, 0.05) is 11.6 Å². The van der Waals surface area contributed by atoms with E-state index < -0.39 is 23.2 Å². The first-order valence-corrected chi connectivity index (χ1v) is 8.08. The smallest absolute Gasteiger partial charge is 0.260 e. The highest BCUT2D eigenvalue weighted by Crippen LogP contribution is 2.23. The Morgan fingerprint density at radius 2 is 1.78 bits per heavy atom. The van der Waals surface area contributed by atoms with Gasteiger partial charge in [-0.1, -0.05) is 24.3 Å². The molecule has 0 unspecified atom stereocenters. The largest absolute Gasteiger partial charge is 0.404 e. The summed E-state index contributed by atoms with van der Waals surface area (Å²) in [5.74, 6) is -1.93. The summed E-state index contributed by atoms with van der Waals surface area (Å²) < 4.78 is 27.5. The lowest BCUT2D eigenvalue weighted by Gasteiger charge is -2.09. The van der Waals surface area contributed by atoms with Crippen molar-refractivity contribution in [2.24, 2.45) is 10.7 Å². The number of fused-ring (bicyclic) bond motifs is 1. The molecule has 0 radical (unpaired) electrons. The second-order valence-electron chi connectivity index (χ2n) is 5.69. The van der Waals surface area contributed by atoms with Crippen LogP contribution in [0.4, 0.5) is 20.3 Å². The van der Waals surface area contributed by atoms with Gasteiger partial charge in [0.05, 0.1) is 16.8 Å². The van der Waals surface area contributed by atoms with Crippen LogP contribution in [0.3, 0.4) is 0 Å². The number of nitrogens with zero attached hydrogens (tertiary/aromatic N) is 2. The van der Waals surface area contributed by atoms with Gasteiger partial charge in [0.1, 0.15) is 11.5 Å². The molecular formula is C20H16F2N4O. The normalized spacial score (nSPS) is 12.3. The Balaban J connectivity index is 1.86. The maximum atomic E-state index is 13.8. The minimum Gasteiger partial charge on any atom is -0.404 e. The first kappa shape index (κ1) is 18.2. The first-order valence-electron chi connectivity index (χ1n) is 8.08. The van der Waals surface area contributed by atoms with E-state index in [-0.39, 0.29) is 11.3 Å². The van der Waals surface area contributed by atoms with Gasteiger partial charge in [-0.3, -0.25) is 4.79 Å². The average molecular weight is 366 g/mol. The van der Waals surface area contributed by atoms with Gasteiger partial charge in [0.2, 0.25) is 0 Å². The van der Waals surface area contributed by atoms with E-state index in [0.717, 1.165) is 23.7 Å². The van der Waals surface area contributed by atoms with Crippen molar-refractivity contribution in [1.29, 1.82) is 0 Å². The zero-order valence-corrected chi connectivity index (χ0v) is 14.4. The molecule has 0 fully saturated rings. The zero-order chi connectivity index (χ0) is 19.4. The Kier molecular flexibility index (Phi) is 5.21. The van der Waals surface area contributed by atoms with Gasteiger partial charge in [-0.15, -0.1) is 0 Å². The topological polar surface area (TPSA) is 80.4 Å². The fourth-order valence-corrected chi connectivity index (χ4v) is 2.50. The lowest BCUT2D eigenvalue weighted by molar-refractivity contribution is -0.112. The summed E-state index contributed by atoms with van der Waals surface area (Å²) in [5.41, 5.74) is 5.82. The SMILES string of the molecule is CC(=Nc1c(F)cccc1F)C(=CN)C(=O)Nc1ccc2ccccc2n1. The molecule has 0 saturated carbocycles. The number of halogens is 2. The predicted molar refractivity (Wildman–Crippen MR) is 102 cm³/mol. The number of carbonyl (C=O) groups is 1. The van der Waals surface area contributed by atoms with Gasteiger partial charge in [-0.2, -0.15) is 0 Å². The number of pyridine rings is 1. The molecule has 3 N–H and O–H groups in total. The third kappa shape index (κ3) is 3.98. The Morgan fingerprint density at radius 1 is 1.07 bits per heavy atom. The van der Waals surface area contributed by atoms with Crippen LogP contribution in [0.1, 0.15) is 6.92 Å². The minimum absolute atomic E-state index is 0.0207. The van der Waals surface area contributed by atoms with Crippen LogP contribution >= 0.6 is 0 Å². The van der Waals surface area contributed by atoms with Crippen molar-refractivity contribution in [3.63, 3.8) is 0 Å². The molecule has 0 aliphatic rings.